The molecule has 3 unspecified atom stereocenters. The zero-order valence-corrected chi connectivity index (χ0v) is 12.2. The molecule has 1 spiro atoms. The summed E-state index contributed by atoms with van der Waals surface area (Å²) in [6.45, 7) is 4.42. The van der Waals surface area contributed by atoms with Gasteiger partial charge in [0.05, 0.1) is 17.8 Å². The van der Waals surface area contributed by atoms with Gasteiger partial charge in [0.2, 0.25) is 0 Å². The van der Waals surface area contributed by atoms with Gasteiger partial charge in [-0.25, -0.2) is 0 Å². The fourth-order valence-corrected chi connectivity index (χ4v) is 4.41. The Balaban J connectivity index is 1.69. The summed E-state index contributed by atoms with van der Waals surface area (Å²) in [6.07, 6.45) is 9.32. The Bertz CT molecular complexity index is 301. The van der Waals surface area contributed by atoms with Crippen molar-refractivity contribution >= 4 is 0 Å². The first-order valence-electron chi connectivity index (χ1n) is 8.06. The predicted octanol–water partition coefficient (Wildman–Crippen LogP) is 2.90. The number of rotatable bonds is 2. The van der Waals surface area contributed by atoms with Crippen molar-refractivity contribution in [1.82, 2.24) is 0 Å². The van der Waals surface area contributed by atoms with Gasteiger partial charge < -0.3 is 14.6 Å². The van der Waals surface area contributed by atoms with E-state index in [2.05, 4.69) is 6.92 Å². The summed E-state index contributed by atoms with van der Waals surface area (Å²) in [4.78, 5) is 0. The maximum atomic E-state index is 11.1. The Morgan fingerprint density at radius 1 is 1.05 bits per heavy atom. The van der Waals surface area contributed by atoms with Crippen molar-refractivity contribution in [2.75, 3.05) is 19.8 Å². The van der Waals surface area contributed by atoms with E-state index in [-0.39, 0.29) is 5.60 Å². The highest BCUT2D eigenvalue weighted by Crippen LogP contribution is 2.45. The smallest absolute Gasteiger partial charge is 0.0940 e. The average molecular weight is 268 g/mol. The average Bonchev–Trinajstić information content (AvgIpc) is 2.88. The third-order valence-corrected chi connectivity index (χ3v) is 5.82. The number of hydrogen-bond acceptors (Lipinski definition) is 3. The minimum atomic E-state index is -0.514. The standard InChI is InChI=1S/C16H28O3/c1-15(17,13-5-3-2-4-6-13)14-7-9-19-16(11-14)8-10-18-12-16/h13-14,17H,2-12H2,1H3. The molecule has 3 rings (SSSR count). The second kappa shape index (κ2) is 5.34. The lowest BCUT2D eigenvalue weighted by molar-refractivity contribution is -0.156. The highest BCUT2D eigenvalue weighted by Gasteiger charge is 2.48. The molecule has 3 nitrogen and oxygen atoms in total. The van der Waals surface area contributed by atoms with Crippen LogP contribution in [0.5, 0.6) is 0 Å². The van der Waals surface area contributed by atoms with E-state index in [9.17, 15) is 5.11 Å². The van der Waals surface area contributed by atoms with E-state index in [0.717, 1.165) is 39.1 Å². The van der Waals surface area contributed by atoms with Crippen LogP contribution in [0.1, 0.15) is 58.3 Å². The summed E-state index contributed by atoms with van der Waals surface area (Å²) in [5.41, 5.74) is -0.596. The van der Waals surface area contributed by atoms with Gasteiger partial charge in [0.1, 0.15) is 0 Å². The summed E-state index contributed by atoms with van der Waals surface area (Å²) in [5.74, 6) is 0.870. The van der Waals surface area contributed by atoms with E-state index in [4.69, 9.17) is 9.47 Å². The van der Waals surface area contributed by atoms with E-state index in [1.807, 2.05) is 0 Å². The topological polar surface area (TPSA) is 38.7 Å². The Hall–Kier alpha value is -0.120. The first kappa shape index (κ1) is 13.8. The van der Waals surface area contributed by atoms with E-state index in [1.165, 1.54) is 32.1 Å². The molecule has 0 radical (unpaired) electrons. The largest absolute Gasteiger partial charge is 0.390 e. The van der Waals surface area contributed by atoms with Crippen molar-refractivity contribution in [3.63, 3.8) is 0 Å². The second-order valence-corrected chi connectivity index (χ2v) is 7.08. The molecule has 1 saturated carbocycles. The van der Waals surface area contributed by atoms with Gasteiger partial charge >= 0.3 is 0 Å². The molecule has 0 aromatic heterocycles. The Kier molecular flexibility index (Phi) is 3.89. The Morgan fingerprint density at radius 3 is 2.53 bits per heavy atom. The van der Waals surface area contributed by atoms with Crippen LogP contribution < -0.4 is 0 Å². The van der Waals surface area contributed by atoms with Gasteiger partial charge in [-0.2, -0.15) is 0 Å². The summed E-state index contributed by atoms with van der Waals surface area (Å²) in [5, 5.41) is 11.1. The molecule has 19 heavy (non-hydrogen) atoms. The zero-order chi connectivity index (χ0) is 13.3. The minimum absolute atomic E-state index is 0.0818. The molecule has 2 saturated heterocycles. The monoisotopic (exact) mass is 268 g/mol. The molecule has 0 bridgehead atoms. The van der Waals surface area contributed by atoms with Crippen LogP contribution in [0.2, 0.25) is 0 Å². The van der Waals surface area contributed by atoms with Crippen molar-refractivity contribution in [3.8, 4) is 0 Å². The molecule has 3 atom stereocenters. The zero-order valence-electron chi connectivity index (χ0n) is 12.2. The van der Waals surface area contributed by atoms with E-state index in [1.54, 1.807) is 0 Å². The molecule has 1 N–H and O–H groups in total. The maximum Gasteiger partial charge on any atom is 0.0940 e. The van der Waals surface area contributed by atoms with Crippen molar-refractivity contribution in [2.45, 2.75) is 69.5 Å². The lowest BCUT2D eigenvalue weighted by atomic mass is 9.67. The third-order valence-electron chi connectivity index (χ3n) is 5.82. The van der Waals surface area contributed by atoms with Gasteiger partial charge in [0, 0.05) is 19.6 Å². The summed E-state index contributed by atoms with van der Waals surface area (Å²) in [6, 6.07) is 0. The quantitative estimate of drug-likeness (QED) is 0.837. The van der Waals surface area contributed by atoms with Crippen LogP contribution in [0.4, 0.5) is 0 Å². The molecule has 2 heterocycles. The van der Waals surface area contributed by atoms with Crippen LogP contribution in [0.3, 0.4) is 0 Å². The van der Waals surface area contributed by atoms with Gasteiger partial charge in [0.25, 0.3) is 0 Å². The molecule has 110 valence electrons. The summed E-state index contributed by atoms with van der Waals surface area (Å²) >= 11 is 0. The highest BCUT2D eigenvalue weighted by atomic mass is 16.6. The van der Waals surface area contributed by atoms with Gasteiger partial charge in [-0.3, -0.25) is 0 Å². The van der Waals surface area contributed by atoms with Gasteiger partial charge in [-0.05, 0) is 44.4 Å². The van der Waals surface area contributed by atoms with Crippen molar-refractivity contribution in [3.05, 3.63) is 0 Å². The lowest BCUT2D eigenvalue weighted by Gasteiger charge is -2.47. The van der Waals surface area contributed by atoms with E-state index in [0.29, 0.717) is 11.8 Å². The second-order valence-electron chi connectivity index (χ2n) is 7.08. The lowest BCUT2D eigenvalue weighted by Crippen LogP contribution is -2.51. The predicted molar refractivity (Wildman–Crippen MR) is 74.0 cm³/mol. The normalized spacial score (nSPS) is 40.4. The maximum absolute atomic E-state index is 11.1. The van der Waals surface area contributed by atoms with Crippen molar-refractivity contribution in [1.29, 1.82) is 0 Å². The number of hydrogen-bond donors (Lipinski definition) is 1. The van der Waals surface area contributed by atoms with Crippen LogP contribution in [-0.4, -0.2) is 36.1 Å². The molecule has 0 aromatic carbocycles. The van der Waals surface area contributed by atoms with Gasteiger partial charge in [0.15, 0.2) is 0 Å². The van der Waals surface area contributed by atoms with Crippen LogP contribution in [0, 0.1) is 11.8 Å². The molecule has 3 fully saturated rings. The third kappa shape index (κ3) is 2.70. The van der Waals surface area contributed by atoms with E-state index < -0.39 is 5.60 Å². The molecular weight excluding hydrogens is 240 g/mol. The van der Waals surface area contributed by atoms with Crippen LogP contribution in [-0.2, 0) is 9.47 Å². The van der Waals surface area contributed by atoms with Crippen LogP contribution in [0.25, 0.3) is 0 Å². The van der Waals surface area contributed by atoms with Crippen LogP contribution in [0.15, 0.2) is 0 Å². The fourth-order valence-electron chi connectivity index (χ4n) is 4.41. The Morgan fingerprint density at radius 2 is 1.84 bits per heavy atom. The summed E-state index contributed by atoms with van der Waals surface area (Å²) < 4.78 is 11.5. The molecule has 0 amide bonds. The van der Waals surface area contributed by atoms with Gasteiger partial charge in [-0.1, -0.05) is 19.3 Å². The number of aliphatic hydroxyl groups is 1. The fraction of sp³-hybridized carbons (Fsp3) is 1.00. The number of ether oxygens (including phenoxy) is 2. The molecule has 0 aromatic rings. The molecule has 1 aliphatic carbocycles. The van der Waals surface area contributed by atoms with Crippen molar-refractivity contribution < 1.29 is 14.6 Å². The highest BCUT2D eigenvalue weighted by molar-refractivity contribution is 4.98. The first-order chi connectivity index (χ1) is 9.12. The molecule has 2 aliphatic heterocycles. The Labute approximate surface area is 116 Å². The summed E-state index contributed by atoms with van der Waals surface area (Å²) in [7, 11) is 0. The molecule has 3 heteroatoms. The molecule has 3 aliphatic rings. The first-order valence-corrected chi connectivity index (χ1v) is 8.06. The molecular formula is C16H28O3. The minimum Gasteiger partial charge on any atom is -0.390 e. The van der Waals surface area contributed by atoms with E-state index >= 15 is 0 Å². The van der Waals surface area contributed by atoms with Gasteiger partial charge in [-0.15, -0.1) is 0 Å². The van der Waals surface area contributed by atoms with Crippen molar-refractivity contribution in [2.24, 2.45) is 11.8 Å². The SMILES string of the molecule is CC(O)(C1CCCCC1)C1CCOC2(CCOC2)C1. The van der Waals surface area contributed by atoms with Crippen LogP contribution >= 0.6 is 0 Å².